The third-order valence-electron chi connectivity index (χ3n) is 3.63. The Morgan fingerprint density at radius 3 is 3.00 bits per heavy atom. The molecule has 0 aliphatic carbocycles. The summed E-state index contributed by atoms with van der Waals surface area (Å²) in [6.45, 7) is 4.21. The van der Waals surface area contributed by atoms with Gasteiger partial charge in [-0.25, -0.2) is 9.97 Å². The summed E-state index contributed by atoms with van der Waals surface area (Å²) in [6.07, 6.45) is 2.55. The molecule has 0 amide bonds. The number of anilines is 1. The molecule has 0 bridgehead atoms. The normalized spacial score (nSPS) is 12.4. The van der Waals surface area contributed by atoms with E-state index in [1.807, 2.05) is 31.2 Å². The second-order valence-electron chi connectivity index (χ2n) is 5.39. The molecule has 0 aliphatic rings. The maximum atomic E-state index is 11.4. The lowest BCUT2D eigenvalue weighted by molar-refractivity contribution is -0.143. The smallest absolute Gasteiger partial charge is 0.305 e. The molecule has 0 radical (unpaired) electrons. The third kappa shape index (κ3) is 3.26. The lowest BCUT2D eigenvalue weighted by atomic mass is 10.2. The fraction of sp³-hybridized carbons (Fsp3) is 0.353. The van der Waals surface area contributed by atoms with E-state index in [0.29, 0.717) is 30.8 Å². The maximum absolute atomic E-state index is 11.4. The minimum absolute atomic E-state index is 0.0609. The predicted molar refractivity (Wildman–Crippen MR) is 88.3 cm³/mol. The van der Waals surface area contributed by atoms with E-state index in [9.17, 15) is 4.79 Å². The predicted octanol–water partition coefficient (Wildman–Crippen LogP) is 3.52. The van der Waals surface area contributed by atoms with Crippen molar-refractivity contribution in [3.8, 4) is 0 Å². The molecule has 1 unspecified atom stereocenters. The van der Waals surface area contributed by atoms with Gasteiger partial charge in [-0.2, -0.15) is 0 Å². The largest absolute Gasteiger partial charge is 0.466 e. The van der Waals surface area contributed by atoms with Crippen LogP contribution in [0.25, 0.3) is 22.1 Å². The van der Waals surface area contributed by atoms with Gasteiger partial charge in [0.05, 0.1) is 6.61 Å². The number of esters is 1. The van der Waals surface area contributed by atoms with E-state index < -0.39 is 0 Å². The van der Waals surface area contributed by atoms with E-state index in [0.717, 1.165) is 16.5 Å². The van der Waals surface area contributed by atoms with Crippen LogP contribution in [0.2, 0.25) is 0 Å². The number of hydrogen-bond acceptors (Lipinski definition) is 6. The molecule has 0 fully saturated rings. The van der Waals surface area contributed by atoms with E-state index in [1.54, 1.807) is 6.92 Å². The Kier molecular flexibility index (Phi) is 4.41. The topological polar surface area (TPSA) is 77.2 Å². The zero-order valence-electron chi connectivity index (χ0n) is 13.2. The highest BCUT2D eigenvalue weighted by molar-refractivity contribution is 6.05. The average Bonchev–Trinajstić information content (AvgIpc) is 2.93. The standard InChI is InChI=1S/C17H19N3O3/c1-3-22-14(21)9-8-11(2)20-17-16-15(18-10-19-17)12-6-4-5-7-13(12)23-16/h4-7,10-11H,3,8-9H2,1-2H3,(H,18,19,20). The van der Waals surface area contributed by atoms with Crippen molar-refractivity contribution in [3.63, 3.8) is 0 Å². The molecule has 1 aromatic carbocycles. The molecule has 0 saturated heterocycles. The molecule has 1 N–H and O–H groups in total. The van der Waals surface area contributed by atoms with E-state index in [-0.39, 0.29) is 12.0 Å². The van der Waals surface area contributed by atoms with Crippen molar-refractivity contribution in [2.75, 3.05) is 11.9 Å². The molecule has 2 aromatic heterocycles. The number of carbonyl (C=O) groups is 1. The van der Waals surface area contributed by atoms with Crippen molar-refractivity contribution in [2.24, 2.45) is 0 Å². The highest BCUT2D eigenvalue weighted by Crippen LogP contribution is 2.30. The quantitative estimate of drug-likeness (QED) is 0.702. The van der Waals surface area contributed by atoms with E-state index in [1.165, 1.54) is 6.33 Å². The SMILES string of the molecule is CCOC(=O)CCC(C)Nc1ncnc2c1oc1ccccc12. The number of aromatic nitrogens is 2. The van der Waals surface area contributed by atoms with Crippen molar-refractivity contribution in [2.45, 2.75) is 32.7 Å². The number of para-hydroxylation sites is 1. The van der Waals surface area contributed by atoms with Crippen molar-refractivity contribution < 1.29 is 13.9 Å². The Balaban J connectivity index is 1.79. The van der Waals surface area contributed by atoms with Crippen LogP contribution in [0.1, 0.15) is 26.7 Å². The summed E-state index contributed by atoms with van der Waals surface area (Å²) in [5.74, 6) is 0.459. The van der Waals surface area contributed by atoms with Gasteiger partial charge in [0.1, 0.15) is 17.4 Å². The molecule has 0 saturated carbocycles. The molecule has 2 heterocycles. The van der Waals surface area contributed by atoms with Gasteiger partial charge in [-0.1, -0.05) is 12.1 Å². The van der Waals surface area contributed by atoms with Crippen LogP contribution < -0.4 is 5.32 Å². The van der Waals surface area contributed by atoms with Gasteiger partial charge in [0.25, 0.3) is 0 Å². The first-order chi connectivity index (χ1) is 11.2. The summed E-state index contributed by atoms with van der Waals surface area (Å²) in [4.78, 5) is 20.0. The zero-order valence-corrected chi connectivity index (χ0v) is 13.2. The van der Waals surface area contributed by atoms with Gasteiger partial charge in [0.2, 0.25) is 0 Å². The van der Waals surface area contributed by atoms with Crippen molar-refractivity contribution in [3.05, 3.63) is 30.6 Å². The number of benzene rings is 1. The summed E-state index contributed by atoms with van der Waals surface area (Å²) in [7, 11) is 0. The molecule has 3 rings (SSSR count). The number of furan rings is 1. The molecule has 1 atom stereocenters. The van der Waals surface area contributed by atoms with Crippen molar-refractivity contribution in [1.82, 2.24) is 9.97 Å². The van der Waals surface area contributed by atoms with Gasteiger partial charge in [-0.3, -0.25) is 4.79 Å². The van der Waals surface area contributed by atoms with Gasteiger partial charge < -0.3 is 14.5 Å². The van der Waals surface area contributed by atoms with Crippen LogP contribution in [0, 0.1) is 0 Å². The Bertz CT molecular complexity index is 828. The average molecular weight is 313 g/mol. The Hall–Kier alpha value is -2.63. The summed E-state index contributed by atoms with van der Waals surface area (Å²) in [5, 5.41) is 4.26. The fourth-order valence-electron chi connectivity index (χ4n) is 2.50. The van der Waals surface area contributed by atoms with Gasteiger partial charge in [-0.15, -0.1) is 0 Å². The molecule has 0 aliphatic heterocycles. The van der Waals surface area contributed by atoms with Crippen LogP contribution in [0.15, 0.2) is 35.0 Å². The summed E-state index contributed by atoms with van der Waals surface area (Å²) < 4.78 is 10.8. The zero-order chi connectivity index (χ0) is 16.2. The molecule has 0 spiro atoms. The Morgan fingerprint density at radius 1 is 1.35 bits per heavy atom. The molecular weight excluding hydrogens is 294 g/mol. The van der Waals surface area contributed by atoms with Gasteiger partial charge in [0, 0.05) is 17.8 Å². The van der Waals surface area contributed by atoms with E-state index in [4.69, 9.17) is 9.15 Å². The number of carbonyl (C=O) groups excluding carboxylic acids is 1. The lowest BCUT2D eigenvalue weighted by Crippen LogP contribution is -2.18. The molecule has 23 heavy (non-hydrogen) atoms. The van der Waals surface area contributed by atoms with Crippen LogP contribution in [-0.4, -0.2) is 28.6 Å². The lowest BCUT2D eigenvalue weighted by Gasteiger charge is -2.13. The minimum Gasteiger partial charge on any atom is -0.466 e. The maximum Gasteiger partial charge on any atom is 0.305 e. The number of hydrogen-bond donors (Lipinski definition) is 1. The second kappa shape index (κ2) is 6.64. The number of nitrogens with one attached hydrogen (secondary N) is 1. The first-order valence-corrected chi connectivity index (χ1v) is 7.73. The van der Waals surface area contributed by atoms with Crippen LogP contribution in [0.5, 0.6) is 0 Å². The third-order valence-corrected chi connectivity index (χ3v) is 3.63. The Labute approximate surface area is 133 Å². The first kappa shape index (κ1) is 15.3. The van der Waals surface area contributed by atoms with E-state index >= 15 is 0 Å². The summed E-state index contributed by atoms with van der Waals surface area (Å²) >= 11 is 0. The van der Waals surface area contributed by atoms with Crippen LogP contribution in [-0.2, 0) is 9.53 Å². The second-order valence-corrected chi connectivity index (χ2v) is 5.39. The number of rotatable bonds is 6. The van der Waals surface area contributed by atoms with Crippen LogP contribution >= 0.6 is 0 Å². The molecule has 6 nitrogen and oxygen atoms in total. The molecular formula is C17H19N3O3. The monoisotopic (exact) mass is 313 g/mol. The van der Waals surface area contributed by atoms with Gasteiger partial charge in [0.15, 0.2) is 11.4 Å². The van der Waals surface area contributed by atoms with Gasteiger partial charge in [-0.05, 0) is 32.4 Å². The van der Waals surface area contributed by atoms with Crippen LogP contribution in [0.4, 0.5) is 5.82 Å². The minimum atomic E-state index is -0.183. The summed E-state index contributed by atoms with van der Waals surface area (Å²) in [5.41, 5.74) is 2.21. The number of fused-ring (bicyclic) bond motifs is 3. The highest BCUT2D eigenvalue weighted by Gasteiger charge is 2.15. The van der Waals surface area contributed by atoms with Gasteiger partial charge >= 0.3 is 5.97 Å². The Morgan fingerprint density at radius 2 is 2.17 bits per heavy atom. The van der Waals surface area contributed by atoms with Crippen molar-refractivity contribution in [1.29, 1.82) is 0 Å². The molecule has 120 valence electrons. The van der Waals surface area contributed by atoms with Crippen molar-refractivity contribution >= 4 is 33.9 Å². The van der Waals surface area contributed by atoms with E-state index in [2.05, 4.69) is 15.3 Å². The fourth-order valence-corrected chi connectivity index (χ4v) is 2.50. The summed E-state index contributed by atoms with van der Waals surface area (Å²) in [6, 6.07) is 7.82. The number of ether oxygens (including phenoxy) is 1. The van der Waals surface area contributed by atoms with Crippen LogP contribution in [0.3, 0.4) is 0 Å². The first-order valence-electron chi connectivity index (χ1n) is 7.73. The molecule has 6 heteroatoms. The number of nitrogens with zero attached hydrogens (tertiary/aromatic N) is 2. The molecule has 3 aromatic rings. The highest BCUT2D eigenvalue weighted by atomic mass is 16.5.